The molecule has 0 bridgehead atoms. The number of hydrogen-bond acceptors (Lipinski definition) is 6. The number of thioether (sulfide) groups is 1. The molecule has 0 spiro atoms. The Kier molecular flexibility index (Phi) is 6.58. The van der Waals surface area contributed by atoms with E-state index in [9.17, 15) is 19.2 Å². The standard InChI is InChI=1S/C15H22O5S/c1-5-21-8(2)6-10-7-11(17)12(9(3)16)14(18)13(10)15(19)20-4/h8,10,12-13H,5-7H2,1-4H3/t8-,10-,12-,13+/m1/s1. The first-order valence-corrected chi connectivity index (χ1v) is 8.14. The van der Waals surface area contributed by atoms with Crippen LogP contribution in [0.15, 0.2) is 0 Å². The van der Waals surface area contributed by atoms with Gasteiger partial charge in [0, 0.05) is 11.7 Å². The van der Waals surface area contributed by atoms with Crippen LogP contribution in [0.1, 0.15) is 33.6 Å². The number of esters is 1. The zero-order valence-electron chi connectivity index (χ0n) is 12.9. The Hall–Kier alpha value is -1.17. The van der Waals surface area contributed by atoms with Crippen molar-refractivity contribution in [3.63, 3.8) is 0 Å². The third-order valence-corrected chi connectivity index (χ3v) is 4.89. The third kappa shape index (κ3) is 4.15. The number of ketones is 3. The first kappa shape index (κ1) is 17.9. The van der Waals surface area contributed by atoms with E-state index >= 15 is 0 Å². The Morgan fingerprint density at radius 2 is 2.00 bits per heavy atom. The first-order valence-electron chi connectivity index (χ1n) is 7.09. The van der Waals surface area contributed by atoms with Gasteiger partial charge >= 0.3 is 5.97 Å². The van der Waals surface area contributed by atoms with Gasteiger partial charge in [0.2, 0.25) is 0 Å². The molecule has 1 aliphatic rings. The lowest BCUT2D eigenvalue weighted by Gasteiger charge is -2.32. The van der Waals surface area contributed by atoms with Crippen molar-refractivity contribution in [3.8, 4) is 0 Å². The lowest BCUT2D eigenvalue weighted by Crippen LogP contribution is -2.48. The van der Waals surface area contributed by atoms with E-state index in [4.69, 9.17) is 4.74 Å². The number of ether oxygens (including phenoxy) is 1. The van der Waals surface area contributed by atoms with E-state index in [0.29, 0.717) is 6.42 Å². The van der Waals surface area contributed by atoms with Gasteiger partial charge < -0.3 is 4.74 Å². The molecule has 0 amide bonds. The summed E-state index contributed by atoms with van der Waals surface area (Å²) in [6.07, 6.45) is 0.671. The molecule has 0 aliphatic heterocycles. The van der Waals surface area contributed by atoms with Crippen LogP contribution in [0, 0.1) is 17.8 Å². The molecule has 1 rings (SSSR count). The molecule has 118 valence electrons. The third-order valence-electron chi connectivity index (χ3n) is 3.80. The smallest absolute Gasteiger partial charge is 0.316 e. The van der Waals surface area contributed by atoms with Crippen LogP contribution in [0.2, 0.25) is 0 Å². The van der Waals surface area contributed by atoms with Gasteiger partial charge in [0.05, 0.1) is 7.11 Å². The number of rotatable bonds is 6. The van der Waals surface area contributed by atoms with Crippen LogP contribution >= 0.6 is 11.8 Å². The topological polar surface area (TPSA) is 77.5 Å². The number of hydrogen-bond donors (Lipinski definition) is 0. The summed E-state index contributed by atoms with van der Waals surface area (Å²) in [7, 11) is 1.22. The molecule has 1 saturated carbocycles. The predicted octanol–water partition coefficient (Wildman–Crippen LogP) is 1.67. The fourth-order valence-corrected chi connectivity index (χ4v) is 3.88. The molecule has 0 aromatic rings. The highest BCUT2D eigenvalue weighted by Gasteiger charge is 2.49. The molecule has 21 heavy (non-hydrogen) atoms. The molecule has 0 heterocycles. The van der Waals surface area contributed by atoms with Crippen molar-refractivity contribution in [1.29, 1.82) is 0 Å². The summed E-state index contributed by atoms with van der Waals surface area (Å²) in [5.41, 5.74) is 0. The van der Waals surface area contributed by atoms with Crippen LogP contribution in [0.4, 0.5) is 0 Å². The fourth-order valence-electron chi connectivity index (χ4n) is 2.93. The fraction of sp³-hybridized carbons (Fsp3) is 0.733. The molecule has 0 aromatic heterocycles. The number of carbonyl (C=O) groups excluding carboxylic acids is 4. The summed E-state index contributed by atoms with van der Waals surface area (Å²) < 4.78 is 4.71. The minimum atomic E-state index is -1.29. The monoisotopic (exact) mass is 314 g/mol. The van der Waals surface area contributed by atoms with E-state index in [2.05, 4.69) is 0 Å². The maximum atomic E-state index is 12.4. The van der Waals surface area contributed by atoms with Gasteiger partial charge in [-0.1, -0.05) is 13.8 Å². The minimum absolute atomic E-state index is 0.0877. The summed E-state index contributed by atoms with van der Waals surface area (Å²) in [6, 6.07) is 0. The average Bonchev–Trinajstić information content (AvgIpc) is 2.37. The van der Waals surface area contributed by atoms with E-state index < -0.39 is 29.4 Å². The molecule has 4 atom stereocenters. The van der Waals surface area contributed by atoms with Crippen LogP contribution < -0.4 is 0 Å². The highest BCUT2D eigenvalue weighted by atomic mass is 32.2. The molecule has 0 aromatic carbocycles. The predicted molar refractivity (Wildman–Crippen MR) is 80.0 cm³/mol. The SMILES string of the molecule is CCS[C@H](C)C[C@@H]1CC(=O)[C@@H](C(C)=O)C(=O)[C@H]1C(=O)OC. The highest BCUT2D eigenvalue weighted by Crippen LogP contribution is 2.35. The lowest BCUT2D eigenvalue weighted by atomic mass is 9.69. The molecule has 0 N–H and O–H groups in total. The summed E-state index contributed by atoms with van der Waals surface area (Å²) in [4.78, 5) is 47.9. The van der Waals surface area contributed by atoms with Gasteiger partial charge in [-0.3, -0.25) is 19.2 Å². The molecule has 1 aliphatic carbocycles. The Morgan fingerprint density at radius 1 is 1.38 bits per heavy atom. The van der Waals surface area contributed by atoms with Crippen molar-refractivity contribution >= 4 is 35.1 Å². The van der Waals surface area contributed by atoms with Crippen molar-refractivity contribution in [3.05, 3.63) is 0 Å². The second kappa shape index (κ2) is 7.73. The van der Waals surface area contributed by atoms with Gasteiger partial charge in [-0.15, -0.1) is 0 Å². The Morgan fingerprint density at radius 3 is 2.48 bits per heavy atom. The maximum absolute atomic E-state index is 12.4. The summed E-state index contributed by atoms with van der Waals surface area (Å²) in [5, 5.41) is 0.238. The van der Waals surface area contributed by atoms with Crippen LogP contribution in [0.5, 0.6) is 0 Å². The number of carbonyl (C=O) groups is 4. The van der Waals surface area contributed by atoms with E-state index in [1.165, 1.54) is 14.0 Å². The zero-order valence-corrected chi connectivity index (χ0v) is 13.7. The maximum Gasteiger partial charge on any atom is 0.316 e. The van der Waals surface area contributed by atoms with Crippen molar-refractivity contribution in [2.45, 2.75) is 38.9 Å². The summed E-state index contributed by atoms with van der Waals surface area (Å²) in [6.45, 7) is 5.25. The summed E-state index contributed by atoms with van der Waals surface area (Å²) in [5.74, 6) is -3.83. The summed E-state index contributed by atoms with van der Waals surface area (Å²) >= 11 is 1.71. The van der Waals surface area contributed by atoms with Crippen molar-refractivity contribution in [1.82, 2.24) is 0 Å². The van der Waals surface area contributed by atoms with Crippen molar-refractivity contribution in [2.24, 2.45) is 17.8 Å². The Labute approximate surface area is 129 Å². The van der Waals surface area contributed by atoms with Crippen LogP contribution in [-0.4, -0.2) is 41.4 Å². The molecule has 1 fully saturated rings. The van der Waals surface area contributed by atoms with Gasteiger partial charge in [-0.05, 0) is 25.0 Å². The Balaban J connectivity index is 3.01. The number of methoxy groups -OCH3 is 1. The number of Topliss-reactive ketones (excluding diaryl/α,β-unsaturated/α-hetero) is 3. The van der Waals surface area contributed by atoms with Crippen LogP contribution in [-0.2, 0) is 23.9 Å². The highest BCUT2D eigenvalue weighted by molar-refractivity contribution is 7.99. The van der Waals surface area contributed by atoms with Gasteiger partial charge in [-0.2, -0.15) is 11.8 Å². The Bertz CT molecular complexity index is 445. The quantitative estimate of drug-likeness (QED) is 0.548. The largest absolute Gasteiger partial charge is 0.468 e. The van der Waals surface area contributed by atoms with Gasteiger partial charge in [0.25, 0.3) is 0 Å². The molecule has 5 nitrogen and oxygen atoms in total. The molecule has 6 heteroatoms. The van der Waals surface area contributed by atoms with Crippen molar-refractivity contribution < 1.29 is 23.9 Å². The van der Waals surface area contributed by atoms with E-state index in [0.717, 1.165) is 5.75 Å². The minimum Gasteiger partial charge on any atom is -0.468 e. The molecule has 0 saturated heterocycles. The van der Waals surface area contributed by atoms with Gasteiger partial charge in [0.15, 0.2) is 11.6 Å². The van der Waals surface area contributed by atoms with Crippen LogP contribution in [0.3, 0.4) is 0 Å². The first-order chi connectivity index (χ1) is 9.83. The second-order valence-electron chi connectivity index (χ2n) is 5.38. The van der Waals surface area contributed by atoms with Crippen molar-refractivity contribution in [2.75, 3.05) is 12.9 Å². The van der Waals surface area contributed by atoms with Gasteiger partial charge in [0.1, 0.15) is 17.6 Å². The zero-order chi connectivity index (χ0) is 16.2. The normalized spacial score (nSPS) is 27.3. The molecule has 0 unspecified atom stereocenters. The van der Waals surface area contributed by atoms with Crippen LogP contribution in [0.25, 0.3) is 0 Å². The van der Waals surface area contributed by atoms with E-state index in [1.807, 2.05) is 13.8 Å². The van der Waals surface area contributed by atoms with E-state index in [1.54, 1.807) is 11.8 Å². The lowest BCUT2D eigenvalue weighted by molar-refractivity contribution is -0.157. The molecular weight excluding hydrogens is 292 g/mol. The van der Waals surface area contributed by atoms with E-state index in [-0.39, 0.29) is 23.4 Å². The molecular formula is C15H22O5S. The second-order valence-corrected chi connectivity index (χ2v) is 7.09. The van der Waals surface area contributed by atoms with Gasteiger partial charge in [-0.25, -0.2) is 0 Å². The average molecular weight is 314 g/mol. The molecule has 0 radical (unpaired) electrons.